The van der Waals surface area contributed by atoms with Crippen LogP contribution in [0.25, 0.3) is 88.2 Å². The maximum Gasteiger partial charge on any atom is 0.164 e. The molecular weight excluding hydrogens is 597 g/mol. The molecule has 0 aliphatic heterocycles. The van der Waals surface area contributed by atoms with E-state index in [9.17, 15) is 0 Å². The molecule has 10 rings (SSSR count). The van der Waals surface area contributed by atoms with Crippen LogP contribution >= 0.6 is 0 Å². The summed E-state index contributed by atoms with van der Waals surface area (Å²) in [5.74, 6) is 2.10. The molecule has 230 valence electrons. The molecule has 0 atom stereocenters. The van der Waals surface area contributed by atoms with Crippen molar-refractivity contribution < 1.29 is 0 Å². The molecule has 1 aliphatic rings. The zero-order valence-electron chi connectivity index (χ0n) is 26.7. The number of fused-ring (bicyclic) bond motifs is 8. The second-order valence-electron chi connectivity index (χ2n) is 12.8. The van der Waals surface area contributed by atoms with Crippen molar-refractivity contribution in [1.82, 2.24) is 19.5 Å². The average molecular weight is 627 g/mol. The fraction of sp³-hybridized carbons (Fsp3) is 0.0444. The van der Waals surface area contributed by atoms with Crippen molar-refractivity contribution in [2.24, 2.45) is 0 Å². The largest absolute Gasteiger partial charge is 0.313 e. The first-order valence-corrected chi connectivity index (χ1v) is 16.8. The summed E-state index contributed by atoms with van der Waals surface area (Å²) >= 11 is 0. The minimum Gasteiger partial charge on any atom is -0.313 e. The van der Waals surface area contributed by atoms with Gasteiger partial charge in [-0.3, -0.25) is 0 Å². The molecule has 0 N–H and O–H groups in total. The van der Waals surface area contributed by atoms with Crippen LogP contribution in [0.3, 0.4) is 0 Å². The number of rotatable bonds is 4. The lowest BCUT2D eigenvalue weighted by molar-refractivity contribution is 0.954. The summed E-state index contributed by atoms with van der Waals surface area (Å²) in [5.41, 5.74) is 6.81. The van der Waals surface area contributed by atoms with Crippen molar-refractivity contribution in [3.63, 3.8) is 0 Å². The maximum atomic E-state index is 5.09. The van der Waals surface area contributed by atoms with E-state index in [4.69, 9.17) is 15.0 Å². The maximum absolute atomic E-state index is 5.09. The molecule has 7 aromatic carbocycles. The van der Waals surface area contributed by atoms with Gasteiger partial charge in [-0.2, -0.15) is 0 Å². The first-order valence-electron chi connectivity index (χ1n) is 16.8. The molecule has 0 saturated heterocycles. The van der Waals surface area contributed by atoms with Gasteiger partial charge < -0.3 is 4.57 Å². The van der Waals surface area contributed by atoms with Crippen LogP contribution in [0.1, 0.15) is 18.7 Å². The van der Waals surface area contributed by atoms with Gasteiger partial charge >= 0.3 is 0 Å². The number of nitrogens with zero attached hydrogens (tertiary/aromatic N) is 4. The van der Waals surface area contributed by atoms with Gasteiger partial charge in [0, 0.05) is 27.6 Å². The third-order valence-corrected chi connectivity index (χ3v) is 9.92. The molecule has 2 heterocycles. The van der Waals surface area contributed by atoms with E-state index in [1.807, 2.05) is 18.2 Å². The molecule has 49 heavy (non-hydrogen) atoms. The number of benzene rings is 7. The van der Waals surface area contributed by atoms with Gasteiger partial charge in [-0.1, -0.05) is 133 Å². The first kappa shape index (κ1) is 27.7. The third kappa shape index (κ3) is 4.56. The van der Waals surface area contributed by atoms with Crippen LogP contribution in [0.5, 0.6) is 0 Å². The smallest absolute Gasteiger partial charge is 0.164 e. The predicted molar refractivity (Wildman–Crippen MR) is 204 cm³/mol. The van der Waals surface area contributed by atoms with E-state index in [2.05, 4.69) is 144 Å². The zero-order valence-corrected chi connectivity index (χ0v) is 26.7. The van der Waals surface area contributed by atoms with E-state index in [1.165, 1.54) is 59.8 Å². The molecule has 0 saturated carbocycles. The Morgan fingerprint density at radius 3 is 1.61 bits per heavy atom. The molecule has 4 nitrogen and oxygen atoms in total. The summed E-state index contributed by atoms with van der Waals surface area (Å²) in [6.45, 7) is 0. The van der Waals surface area contributed by atoms with Crippen LogP contribution in [0.4, 0.5) is 0 Å². The van der Waals surface area contributed by atoms with Crippen molar-refractivity contribution in [1.29, 1.82) is 0 Å². The van der Waals surface area contributed by atoms with Crippen LogP contribution in [0.2, 0.25) is 0 Å². The quantitative estimate of drug-likeness (QED) is 0.195. The van der Waals surface area contributed by atoms with Crippen LogP contribution in [0.15, 0.2) is 158 Å². The lowest BCUT2D eigenvalue weighted by Gasteiger charge is -2.18. The molecule has 0 amide bonds. The van der Waals surface area contributed by atoms with E-state index in [1.54, 1.807) is 0 Å². The standard InChI is InChI=1S/C45H30N4/c1-2-13-32(14-3-1)43-46-44(48-45(47-43)35-19-18-29-10-4-5-15-34(29)28-35)33-20-24-36(25-21-33)49-39-26-22-30-11-6-8-16-37(30)41(39)42-38-17-9-7-12-31(38)23-27-40(42)49/h1-20,22-24,26-28H,21,25H2. The van der Waals surface area contributed by atoms with Crippen LogP contribution in [-0.2, 0) is 0 Å². The van der Waals surface area contributed by atoms with E-state index in [-0.39, 0.29) is 0 Å². The van der Waals surface area contributed by atoms with Gasteiger partial charge in [-0.05, 0) is 75.0 Å². The molecule has 0 unspecified atom stereocenters. The summed E-state index contributed by atoms with van der Waals surface area (Å²) in [7, 11) is 0. The van der Waals surface area contributed by atoms with Crippen molar-refractivity contribution in [3.8, 4) is 22.8 Å². The Morgan fingerprint density at radius 2 is 0.959 bits per heavy atom. The Bertz CT molecular complexity index is 2730. The summed E-state index contributed by atoms with van der Waals surface area (Å²) in [4.78, 5) is 15.1. The highest BCUT2D eigenvalue weighted by atomic mass is 15.0. The molecular formula is C45H30N4. The van der Waals surface area contributed by atoms with Gasteiger partial charge in [0.1, 0.15) is 0 Å². The molecule has 9 aromatic rings. The highest BCUT2D eigenvalue weighted by Gasteiger charge is 2.21. The Kier molecular flexibility index (Phi) is 6.28. The number of hydrogen-bond donors (Lipinski definition) is 0. The van der Waals surface area contributed by atoms with Gasteiger partial charge in [-0.25, -0.2) is 15.0 Å². The number of aromatic nitrogens is 4. The Morgan fingerprint density at radius 1 is 0.408 bits per heavy atom. The summed E-state index contributed by atoms with van der Waals surface area (Å²) in [5, 5.41) is 10.1. The van der Waals surface area contributed by atoms with E-state index < -0.39 is 0 Å². The second kappa shape index (κ2) is 11.1. The molecule has 0 bridgehead atoms. The highest BCUT2D eigenvalue weighted by molar-refractivity contribution is 6.28. The average Bonchev–Trinajstić information content (AvgIpc) is 3.53. The van der Waals surface area contributed by atoms with Gasteiger partial charge in [0.05, 0.1) is 11.0 Å². The molecule has 0 fully saturated rings. The molecule has 0 radical (unpaired) electrons. The second-order valence-corrected chi connectivity index (χ2v) is 12.8. The zero-order chi connectivity index (χ0) is 32.3. The van der Waals surface area contributed by atoms with Gasteiger partial charge in [0.25, 0.3) is 0 Å². The fourth-order valence-corrected chi connectivity index (χ4v) is 7.55. The fourth-order valence-electron chi connectivity index (χ4n) is 7.55. The van der Waals surface area contributed by atoms with Crippen molar-refractivity contribution in [2.75, 3.05) is 0 Å². The highest BCUT2D eigenvalue weighted by Crippen LogP contribution is 2.42. The molecule has 1 aliphatic carbocycles. The number of hydrogen-bond acceptors (Lipinski definition) is 3. The predicted octanol–water partition coefficient (Wildman–Crippen LogP) is 11.5. The van der Waals surface area contributed by atoms with Crippen LogP contribution in [0, 0.1) is 0 Å². The van der Waals surface area contributed by atoms with Gasteiger partial charge in [0.15, 0.2) is 17.5 Å². The van der Waals surface area contributed by atoms with Crippen molar-refractivity contribution in [2.45, 2.75) is 12.8 Å². The molecule has 4 heteroatoms. The van der Waals surface area contributed by atoms with Crippen LogP contribution in [-0.4, -0.2) is 19.5 Å². The van der Waals surface area contributed by atoms with Gasteiger partial charge in [0.2, 0.25) is 0 Å². The Labute approximate surface area is 283 Å². The first-order chi connectivity index (χ1) is 24.3. The normalized spacial score (nSPS) is 13.4. The van der Waals surface area contributed by atoms with Crippen molar-refractivity contribution in [3.05, 3.63) is 164 Å². The molecule has 0 spiro atoms. The number of allylic oxidation sites excluding steroid dienone is 4. The third-order valence-electron chi connectivity index (χ3n) is 9.92. The summed E-state index contributed by atoms with van der Waals surface area (Å²) in [6, 6.07) is 51.6. The lowest BCUT2D eigenvalue weighted by Crippen LogP contribution is -2.06. The summed E-state index contributed by atoms with van der Waals surface area (Å²) < 4.78 is 2.47. The van der Waals surface area contributed by atoms with E-state index in [0.717, 1.165) is 35.4 Å². The summed E-state index contributed by atoms with van der Waals surface area (Å²) in [6.07, 6.45) is 6.17. The van der Waals surface area contributed by atoms with Crippen molar-refractivity contribution >= 4 is 65.4 Å². The Balaban J connectivity index is 1.15. The minimum absolute atomic E-state index is 0.686. The topological polar surface area (TPSA) is 43.6 Å². The van der Waals surface area contributed by atoms with E-state index >= 15 is 0 Å². The van der Waals surface area contributed by atoms with Gasteiger partial charge in [-0.15, -0.1) is 0 Å². The van der Waals surface area contributed by atoms with Crippen LogP contribution < -0.4 is 0 Å². The van der Waals surface area contributed by atoms with E-state index in [0.29, 0.717) is 11.6 Å². The monoisotopic (exact) mass is 626 g/mol. The SMILES string of the molecule is C1=C(c2nc(-c3ccccc3)nc(-c3ccc4ccccc4c3)n2)CCC(n2c3ccc4ccccc4c3c3c4ccccc4ccc32)=C1. The lowest BCUT2D eigenvalue weighted by atomic mass is 10.00. The minimum atomic E-state index is 0.686. The molecule has 2 aromatic heterocycles. The Hall–Kier alpha value is -6.39.